The van der Waals surface area contributed by atoms with Gasteiger partial charge in [-0.05, 0) is 30.7 Å². The molecule has 3 heterocycles. The predicted octanol–water partition coefficient (Wildman–Crippen LogP) is 2.92. The lowest BCUT2D eigenvalue weighted by Crippen LogP contribution is -2.15. The molecule has 7 nitrogen and oxygen atoms in total. The molecule has 0 unspecified atom stereocenters. The third kappa shape index (κ3) is 3.41. The quantitative estimate of drug-likeness (QED) is 0.420. The molecular weight excluding hydrogens is 384 g/mol. The first kappa shape index (κ1) is 17.6. The van der Waals surface area contributed by atoms with Gasteiger partial charge in [0.25, 0.3) is 5.56 Å². The van der Waals surface area contributed by atoms with E-state index in [4.69, 9.17) is 17.4 Å². The van der Waals surface area contributed by atoms with Crippen LogP contribution >= 0.6 is 23.4 Å². The first-order valence-electron chi connectivity index (χ1n) is 8.10. The number of nitrogens with two attached hydrogens (primary N) is 1. The maximum atomic E-state index is 12.3. The minimum atomic E-state index is -0.120. The van der Waals surface area contributed by atoms with E-state index in [1.165, 1.54) is 26.9 Å². The van der Waals surface area contributed by atoms with Crippen LogP contribution in [0.15, 0.2) is 58.6 Å². The van der Waals surface area contributed by atoms with Gasteiger partial charge in [-0.1, -0.05) is 41.6 Å². The summed E-state index contributed by atoms with van der Waals surface area (Å²) in [4.78, 5) is 16.8. The Morgan fingerprint density at radius 2 is 2.00 bits per heavy atom. The summed E-state index contributed by atoms with van der Waals surface area (Å²) < 4.78 is 2.92. The summed E-state index contributed by atoms with van der Waals surface area (Å²) in [5.74, 6) is 7.05. The van der Waals surface area contributed by atoms with Crippen LogP contribution in [-0.2, 0) is 5.75 Å². The van der Waals surface area contributed by atoms with Crippen LogP contribution in [0.5, 0.6) is 0 Å². The molecule has 0 spiro atoms. The molecule has 3 aromatic heterocycles. The summed E-state index contributed by atoms with van der Waals surface area (Å²) in [6.07, 6.45) is 1.77. The lowest BCUT2D eigenvalue weighted by molar-refractivity contribution is 0.848. The number of nitrogen functional groups attached to an aromatic ring is 1. The molecule has 0 atom stereocenters. The standard InChI is InChI=1S/C18H15ClN6OS/c1-11-6-7-15-21-12(8-16(26)24(15)9-11)10-27-18-23-22-17(25(18)20)13-4-2-3-5-14(13)19/h2-9H,10,20H2,1H3. The maximum Gasteiger partial charge on any atom is 0.258 e. The van der Waals surface area contributed by atoms with Crippen molar-refractivity contribution in [2.75, 3.05) is 5.84 Å². The van der Waals surface area contributed by atoms with Crippen molar-refractivity contribution < 1.29 is 0 Å². The zero-order valence-corrected chi connectivity index (χ0v) is 15.9. The van der Waals surface area contributed by atoms with Gasteiger partial charge in [0.05, 0.1) is 10.7 Å². The molecule has 0 radical (unpaired) electrons. The largest absolute Gasteiger partial charge is 0.335 e. The number of hydrogen-bond donors (Lipinski definition) is 1. The Balaban J connectivity index is 1.60. The summed E-state index contributed by atoms with van der Waals surface area (Å²) in [7, 11) is 0. The zero-order chi connectivity index (χ0) is 19.0. The molecule has 0 aliphatic heterocycles. The summed E-state index contributed by atoms with van der Waals surface area (Å²) in [5.41, 5.74) is 2.84. The van der Waals surface area contributed by atoms with Crippen molar-refractivity contribution in [3.63, 3.8) is 0 Å². The van der Waals surface area contributed by atoms with Gasteiger partial charge >= 0.3 is 0 Å². The molecule has 2 N–H and O–H groups in total. The SMILES string of the molecule is Cc1ccc2nc(CSc3nnc(-c4ccccc4Cl)n3N)cc(=O)n2c1. The normalized spacial score (nSPS) is 11.2. The van der Waals surface area contributed by atoms with E-state index in [0.717, 1.165) is 5.56 Å². The Morgan fingerprint density at radius 1 is 1.19 bits per heavy atom. The number of thioether (sulfide) groups is 1. The fourth-order valence-corrected chi connectivity index (χ4v) is 3.64. The van der Waals surface area contributed by atoms with Crippen LogP contribution in [0, 0.1) is 6.92 Å². The number of fused-ring (bicyclic) bond motifs is 1. The van der Waals surface area contributed by atoms with Gasteiger partial charge in [-0.3, -0.25) is 9.20 Å². The van der Waals surface area contributed by atoms with E-state index in [0.29, 0.717) is 38.7 Å². The average molecular weight is 399 g/mol. The lowest BCUT2D eigenvalue weighted by atomic mass is 10.2. The van der Waals surface area contributed by atoms with Crippen LogP contribution < -0.4 is 11.4 Å². The van der Waals surface area contributed by atoms with Crippen molar-refractivity contribution in [1.82, 2.24) is 24.3 Å². The van der Waals surface area contributed by atoms with E-state index in [1.54, 1.807) is 12.3 Å². The fraction of sp³-hybridized carbons (Fsp3) is 0.111. The van der Waals surface area contributed by atoms with Crippen LogP contribution in [0.3, 0.4) is 0 Å². The number of aryl methyl sites for hydroxylation is 1. The highest BCUT2D eigenvalue weighted by Crippen LogP contribution is 2.28. The van der Waals surface area contributed by atoms with Crippen LogP contribution in [0.25, 0.3) is 17.0 Å². The van der Waals surface area contributed by atoms with E-state index in [9.17, 15) is 4.79 Å². The molecule has 136 valence electrons. The van der Waals surface area contributed by atoms with Gasteiger partial charge in [0.2, 0.25) is 5.16 Å². The molecule has 4 rings (SSSR count). The Hall–Kier alpha value is -2.84. The van der Waals surface area contributed by atoms with Crippen LogP contribution in [-0.4, -0.2) is 24.3 Å². The number of benzene rings is 1. The molecular formula is C18H15ClN6OS. The van der Waals surface area contributed by atoms with Gasteiger partial charge < -0.3 is 5.84 Å². The van der Waals surface area contributed by atoms with Gasteiger partial charge in [0, 0.05) is 23.6 Å². The number of hydrogen-bond acceptors (Lipinski definition) is 6. The van der Waals surface area contributed by atoms with E-state index >= 15 is 0 Å². The topological polar surface area (TPSA) is 91.1 Å². The average Bonchev–Trinajstić information content (AvgIpc) is 3.01. The third-order valence-corrected chi connectivity index (χ3v) is 5.30. The minimum absolute atomic E-state index is 0.120. The monoisotopic (exact) mass is 398 g/mol. The molecule has 0 saturated heterocycles. The smallest absolute Gasteiger partial charge is 0.258 e. The van der Waals surface area contributed by atoms with Gasteiger partial charge in [-0.15, -0.1) is 10.2 Å². The Kier molecular flexibility index (Phi) is 4.59. The summed E-state index contributed by atoms with van der Waals surface area (Å²) in [6, 6.07) is 12.6. The lowest BCUT2D eigenvalue weighted by Gasteiger charge is -2.06. The summed E-state index contributed by atoms with van der Waals surface area (Å²) in [6.45, 7) is 1.93. The van der Waals surface area contributed by atoms with Crippen LogP contribution in [0.4, 0.5) is 0 Å². The molecule has 4 aromatic rings. The molecule has 0 aliphatic carbocycles. The zero-order valence-electron chi connectivity index (χ0n) is 14.3. The molecule has 27 heavy (non-hydrogen) atoms. The van der Waals surface area contributed by atoms with Crippen LogP contribution in [0.2, 0.25) is 5.02 Å². The second-order valence-corrected chi connectivity index (χ2v) is 7.31. The number of nitrogens with zero attached hydrogens (tertiary/aromatic N) is 5. The number of halogens is 1. The van der Waals surface area contributed by atoms with Crippen molar-refractivity contribution >= 4 is 29.0 Å². The molecule has 0 fully saturated rings. The van der Waals surface area contributed by atoms with Gasteiger partial charge in [0.15, 0.2) is 5.82 Å². The van der Waals surface area contributed by atoms with Gasteiger partial charge in [-0.25, -0.2) is 9.66 Å². The maximum absolute atomic E-state index is 12.3. The predicted molar refractivity (Wildman–Crippen MR) is 106 cm³/mol. The molecule has 9 heteroatoms. The third-order valence-electron chi connectivity index (χ3n) is 3.99. The van der Waals surface area contributed by atoms with E-state index in [-0.39, 0.29) is 5.56 Å². The first-order valence-corrected chi connectivity index (χ1v) is 9.46. The fourth-order valence-electron chi connectivity index (χ4n) is 2.67. The highest BCUT2D eigenvalue weighted by atomic mass is 35.5. The van der Waals surface area contributed by atoms with Crippen LogP contribution in [0.1, 0.15) is 11.3 Å². The molecule has 0 amide bonds. The molecule has 1 aromatic carbocycles. The Morgan fingerprint density at radius 3 is 2.81 bits per heavy atom. The highest BCUT2D eigenvalue weighted by Gasteiger charge is 2.15. The van der Waals surface area contributed by atoms with E-state index in [1.807, 2.05) is 37.3 Å². The number of pyridine rings is 1. The van der Waals surface area contributed by atoms with Crippen molar-refractivity contribution in [1.29, 1.82) is 0 Å². The van der Waals surface area contributed by atoms with E-state index in [2.05, 4.69) is 15.2 Å². The summed E-state index contributed by atoms with van der Waals surface area (Å²) >= 11 is 7.56. The highest BCUT2D eigenvalue weighted by molar-refractivity contribution is 7.98. The number of rotatable bonds is 4. The Bertz CT molecular complexity index is 1200. The molecule has 0 bridgehead atoms. The van der Waals surface area contributed by atoms with Crippen molar-refractivity contribution in [2.45, 2.75) is 17.8 Å². The summed E-state index contributed by atoms with van der Waals surface area (Å²) in [5, 5.41) is 9.32. The van der Waals surface area contributed by atoms with Gasteiger partial charge in [-0.2, -0.15) is 0 Å². The van der Waals surface area contributed by atoms with Crippen molar-refractivity contribution in [3.8, 4) is 11.4 Å². The second-order valence-electron chi connectivity index (χ2n) is 5.97. The Labute approximate surface area is 163 Å². The molecule has 0 saturated carbocycles. The van der Waals surface area contributed by atoms with Crippen molar-refractivity contribution in [3.05, 3.63) is 75.3 Å². The second kappa shape index (κ2) is 7.05. The van der Waals surface area contributed by atoms with E-state index < -0.39 is 0 Å². The first-order chi connectivity index (χ1) is 13.0. The van der Waals surface area contributed by atoms with Gasteiger partial charge in [0.1, 0.15) is 5.65 Å². The van der Waals surface area contributed by atoms with Crippen molar-refractivity contribution in [2.24, 2.45) is 0 Å². The minimum Gasteiger partial charge on any atom is -0.335 e. The molecule has 0 aliphatic rings. The number of aromatic nitrogens is 5.